The van der Waals surface area contributed by atoms with Crippen molar-refractivity contribution in [3.05, 3.63) is 77.6 Å². The van der Waals surface area contributed by atoms with E-state index in [0.717, 1.165) is 11.1 Å². The third-order valence-electron chi connectivity index (χ3n) is 4.46. The van der Waals surface area contributed by atoms with Crippen molar-refractivity contribution in [2.75, 3.05) is 13.9 Å². The van der Waals surface area contributed by atoms with Crippen LogP contribution in [-0.2, 0) is 13.2 Å². The second-order valence-electron chi connectivity index (χ2n) is 6.38. The van der Waals surface area contributed by atoms with Crippen LogP contribution in [0.25, 0.3) is 0 Å². The Kier molecular flexibility index (Phi) is 5.47. The van der Waals surface area contributed by atoms with E-state index in [-0.39, 0.29) is 12.7 Å². The maximum atomic E-state index is 12.4. The molecule has 4 rings (SSSR count). The van der Waals surface area contributed by atoms with Crippen LogP contribution in [-0.4, -0.2) is 24.8 Å². The number of nitrogens with zero attached hydrogens (tertiary/aromatic N) is 1. The Morgan fingerprint density at radius 1 is 1.00 bits per heavy atom. The number of carbonyl (C=O) groups is 1. The first kappa shape index (κ1) is 18.6. The Morgan fingerprint density at radius 2 is 1.83 bits per heavy atom. The summed E-state index contributed by atoms with van der Waals surface area (Å²) >= 11 is 0. The van der Waals surface area contributed by atoms with E-state index in [0.29, 0.717) is 41.7 Å². The van der Waals surface area contributed by atoms with Gasteiger partial charge >= 0.3 is 0 Å². The van der Waals surface area contributed by atoms with Crippen LogP contribution in [0.5, 0.6) is 23.0 Å². The fraction of sp³-hybridized carbons (Fsp3) is 0.182. The monoisotopic (exact) mass is 392 g/mol. The van der Waals surface area contributed by atoms with Crippen LogP contribution in [0.1, 0.15) is 21.5 Å². The maximum Gasteiger partial charge on any atom is 0.251 e. The van der Waals surface area contributed by atoms with Gasteiger partial charge in [0.15, 0.2) is 23.0 Å². The van der Waals surface area contributed by atoms with E-state index in [1.54, 1.807) is 37.7 Å². The van der Waals surface area contributed by atoms with Crippen LogP contribution in [0.2, 0.25) is 0 Å². The first-order valence-electron chi connectivity index (χ1n) is 9.09. The Bertz CT molecular complexity index is 1010. The van der Waals surface area contributed by atoms with E-state index in [4.69, 9.17) is 18.9 Å². The molecule has 0 saturated heterocycles. The zero-order chi connectivity index (χ0) is 20.1. The van der Waals surface area contributed by atoms with Crippen LogP contribution in [0.15, 0.2) is 60.9 Å². The quantitative estimate of drug-likeness (QED) is 0.665. The molecule has 2 aromatic carbocycles. The van der Waals surface area contributed by atoms with Gasteiger partial charge in [0.25, 0.3) is 5.91 Å². The molecule has 0 bridgehead atoms. The molecule has 0 spiro atoms. The highest BCUT2D eigenvalue weighted by atomic mass is 16.7. The number of hydrogen-bond acceptors (Lipinski definition) is 6. The fourth-order valence-electron chi connectivity index (χ4n) is 2.90. The number of rotatable bonds is 7. The van der Waals surface area contributed by atoms with Crippen LogP contribution < -0.4 is 24.3 Å². The molecule has 29 heavy (non-hydrogen) atoms. The molecule has 0 fully saturated rings. The Morgan fingerprint density at radius 3 is 2.66 bits per heavy atom. The lowest BCUT2D eigenvalue weighted by molar-refractivity contribution is 0.0950. The molecule has 0 unspecified atom stereocenters. The molecule has 3 aromatic rings. The number of benzene rings is 2. The molecule has 1 aliphatic heterocycles. The molecule has 7 heteroatoms. The van der Waals surface area contributed by atoms with Crippen molar-refractivity contribution in [2.24, 2.45) is 0 Å². The predicted octanol–water partition coefficient (Wildman–Crippen LogP) is 3.33. The van der Waals surface area contributed by atoms with Crippen molar-refractivity contribution in [3.63, 3.8) is 0 Å². The highest BCUT2D eigenvalue weighted by Gasteiger charge is 2.16. The third-order valence-corrected chi connectivity index (χ3v) is 4.46. The molecule has 1 aliphatic rings. The topological polar surface area (TPSA) is 78.9 Å². The van der Waals surface area contributed by atoms with Crippen LogP contribution in [0, 0.1) is 0 Å². The van der Waals surface area contributed by atoms with Gasteiger partial charge in [-0.2, -0.15) is 0 Å². The highest BCUT2D eigenvalue weighted by Crippen LogP contribution is 2.32. The van der Waals surface area contributed by atoms with Crippen LogP contribution in [0.4, 0.5) is 0 Å². The Hall–Kier alpha value is -3.74. The summed E-state index contributed by atoms with van der Waals surface area (Å²) in [6.07, 6.45) is 3.45. The van der Waals surface area contributed by atoms with E-state index in [1.165, 1.54) is 0 Å². The molecule has 1 aromatic heterocycles. The van der Waals surface area contributed by atoms with Crippen molar-refractivity contribution in [1.82, 2.24) is 10.3 Å². The van der Waals surface area contributed by atoms with Gasteiger partial charge < -0.3 is 24.3 Å². The smallest absolute Gasteiger partial charge is 0.251 e. The van der Waals surface area contributed by atoms with Crippen LogP contribution >= 0.6 is 0 Å². The molecular formula is C22H20N2O5. The van der Waals surface area contributed by atoms with Crippen molar-refractivity contribution >= 4 is 5.91 Å². The lowest BCUT2D eigenvalue weighted by atomic mass is 10.1. The van der Waals surface area contributed by atoms with Gasteiger partial charge in [0.1, 0.15) is 6.61 Å². The van der Waals surface area contributed by atoms with Gasteiger partial charge in [-0.05, 0) is 53.6 Å². The predicted molar refractivity (Wildman–Crippen MR) is 105 cm³/mol. The fourth-order valence-corrected chi connectivity index (χ4v) is 2.90. The van der Waals surface area contributed by atoms with Crippen LogP contribution in [0.3, 0.4) is 0 Å². The Balaban J connectivity index is 1.38. The minimum absolute atomic E-state index is 0.176. The average molecular weight is 392 g/mol. The number of aromatic nitrogens is 1. The molecule has 2 heterocycles. The second-order valence-corrected chi connectivity index (χ2v) is 6.38. The average Bonchev–Trinajstić information content (AvgIpc) is 3.25. The molecule has 0 saturated carbocycles. The molecule has 0 atom stereocenters. The Labute approximate surface area is 168 Å². The summed E-state index contributed by atoms with van der Waals surface area (Å²) in [4.78, 5) is 16.4. The van der Waals surface area contributed by atoms with Gasteiger partial charge in [-0.1, -0.05) is 6.07 Å². The number of hydrogen-bond donors (Lipinski definition) is 1. The lowest BCUT2D eigenvalue weighted by Gasteiger charge is -2.13. The van der Waals surface area contributed by atoms with Gasteiger partial charge in [0.05, 0.1) is 7.11 Å². The largest absolute Gasteiger partial charge is 0.493 e. The van der Waals surface area contributed by atoms with Gasteiger partial charge in [-0.25, -0.2) is 0 Å². The van der Waals surface area contributed by atoms with Gasteiger partial charge in [-0.3, -0.25) is 9.78 Å². The van der Waals surface area contributed by atoms with Crippen molar-refractivity contribution in [2.45, 2.75) is 13.2 Å². The SMILES string of the molecule is COc1cc(CNC(=O)c2ccc3c(c2)OCO3)ccc1OCc1ccncc1. The number of fused-ring (bicyclic) bond motifs is 1. The van der Waals surface area contributed by atoms with E-state index < -0.39 is 0 Å². The molecule has 0 aliphatic carbocycles. The van der Waals surface area contributed by atoms with Gasteiger partial charge in [-0.15, -0.1) is 0 Å². The molecule has 0 radical (unpaired) electrons. The number of pyridine rings is 1. The molecule has 1 amide bonds. The summed E-state index contributed by atoms with van der Waals surface area (Å²) in [6.45, 7) is 0.948. The second kappa shape index (κ2) is 8.52. The number of ether oxygens (including phenoxy) is 4. The molecule has 7 nitrogen and oxygen atoms in total. The number of carbonyl (C=O) groups excluding carboxylic acids is 1. The van der Waals surface area contributed by atoms with Crippen molar-refractivity contribution < 1.29 is 23.7 Å². The summed E-state index contributed by atoms with van der Waals surface area (Å²) in [5.74, 6) is 2.27. The number of nitrogens with one attached hydrogen (secondary N) is 1. The van der Waals surface area contributed by atoms with E-state index in [9.17, 15) is 4.79 Å². The first-order valence-corrected chi connectivity index (χ1v) is 9.09. The van der Waals surface area contributed by atoms with Gasteiger partial charge in [0.2, 0.25) is 6.79 Å². The molecular weight excluding hydrogens is 372 g/mol. The van der Waals surface area contributed by atoms with E-state index in [2.05, 4.69) is 10.3 Å². The zero-order valence-corrected chi connectivity index (χ0v) is 15.9. The van der Waals surface area contributed by atoms with E-state index in [1.807, 2.05) is 30.3 Å². The summed E-state index contributed by atoms with van der Waals surface area (Å²) < 4.78 is 21.9. The number of amides is 1. The third kappa shape index (κ3) is 4.40. The number of methoxy groups -OCH3 is 1. The summed E-state index contributed by atoms with van der Waals surface area (Å²) in [5, 5.41) is 2.90. The highest BCUT2D eigenvalue weighted by molar-refractivity contribution is 5.94. The summed E-state index contributed by atoms with van der Waals surface area (Å²) in [7, 11) is 1.59. The molecule has 1 N–H and O–H groups in total. The zero-order valence-electron chi connectivity index (χ0n) is 15.9. The minimum atomic E-state index is -0.194. The maximum absolute atomic E-state index is 12.4. The normalized spacial score (nSPS) is 11.8. The standard InChI is InChI=1S/C22H20N2O5/c1-26-20-10-16(2-4-18(20)27-13-15-6-8-23-9-7-15)12-24-22(25)17-3-5-19-21(11-17)29-14-28-19/h2-11H,12-14H2,1H3,(H,24,25). The molecule has 148 valence electrons. The minimum Gasteiger partial charge on any atom is -0.493 e. The van der Waals surface area contributed by atoms with Gasteiger partial charge in [0, 0.05) is 24.5 Å². The lowest BCUT2D eigenvalue weighted by Crippen LogP contribution is -2.22. The summed E-state index contributed by atoms with van der Waals surface area (Å²) in [6, 6.07) is 14.5. The van der Waals surface area contributed by atoms with E-state index >= 15 is 0 Å². The summed E-state index contributed by atoms with van der Waals surface area (Å²) in [5.41, 5.74) is 2.42. The van der Waals surface area contributed by atoms with Crippen molar-refractivity contribution in [1.29, 1.82) is 0 Å². The van der Waals surface area contributed by atoms with Crippen molar-refractivity contribution in [3.8, 4) is 23.0 Å². The first-order chi connectivity index (χ1) is 14.2.